The summed E-state index contributed by atoms with van der Waals surface area (Å²) in [5.74, 6) is -0.677. The first-order chi connectivity index (χ1) is 8.99. The van der Waals surface area contributed by atoms with Crippen molar-refractivity contribution >= 4 is 45.3 Å². The summed E-state index contributed by atoms with van der Waals surface area (Å²) in [4.78, 5) is 22.7. The summed E-state index contributed by atoms with van der Waals surface area (Å²) in [7, 11) is 0. The van der Waals surface area contributed by atoms with Crippen LogP contribution in [-0.4, -0.2) is 29.3 Å². The van der Waals surface area contributed by atoms with Crippen LogP contribution in [-0.2, 0) is 9.59 Å². The van der Waals surface area contributed by atoms with E-state index in [1.54, 1.807) is 12.1 Å². The maximum absolute atomic E-state index is 11.5. The van der Waals surface area contributed by atoms with Gasteiger partial charge >= 0.3 is 5.97 Å². The summed E-state index contributed by atoms with van der Waals surface area (Å²) >= 11 is 4.78. The van der Waals surface area contributed by atoms with Gasteiger partial charge in [-0.15, -0.1) is 11.8 Å². The number of carbonyl (C=O) groups is 2. The Hall–Kier alpha value is -1.21. The van der Waals surface area contributed by atoms with Crippen LogP contribution in [0.3, 0.4) is 0 Å². The van der Waals surface area contributed by atoms with Gasteiger partial charge in [0.1, 0.15) is 0 Å². The molecule has 1 aromatic carbocycles. The van der Waals surface area contributed by atoms with Gasteiger partial charge in [-0.05, 0) is 40.5 Å². The summed E-state index contributed by atoms with van der Waals surface area (Å²) in [5, 5.41) is 11.1. The van der Waals surface area contributed by atoms with Gasteiger partial charge in [-0.1, -0.05) is 0 Å². The highest BCUT2D eigenvalue weighted by Crippen LogP contribution is 2.28. The lowest BCUT2D eigenvalue weighted by molar-refractivity contribution is -0.137. The number of rotatable bonds is 7. The fourth-order valence-corrected chi connectivity index (χ4v) is 2.79. The number of nitrogens with two attached hydrogens (primary N) is 1. The molecule has 0 spiro atoms. The molecule has 4 N–H and O–H groups in total. The van der Waals surface area contributed by atoms with E-state index in [-0.39, 0.29) is 18.1 Å². The first-order valence-electron chi connectivity index (χ1n) is 5.65. The molecule has 1 amide bonds. The number of benzene rings is 1. The molecule has 0 bridgehead atoms. The Bertz CT molecular complexity index is 468. The van der Waals surface area contributed by atoms with Crippen molar-refractivity contribution in [1.82, 2.24) is 5.32 Å². The summed E-state index contributed by atoms with van der Waals surface area (Å²) in [5.41, 5.74) is 6.28. The molecule has 5 nitrogen and oxygen atoms in total. The summed E-state index contributed by atoms with van der Waals surface area (Å²) < 4.78 is 0.858. The second-order valence-corrected chi connectivity index (χ2v) is 5.70. The molecule has 0 saturated heterocycles. The van der Waals surface area contributed by atoms with Gasteiger partial charge < -0.3 is 16.2 Å². The topological polar surface area (TPSA) is 92.4 Å². The average molecular weight is 347 g/mol. The minimum atomic E-state index is -0.852. The van der Waals surface area contributed by atoms with Crippen LogP contribution in [0.25, 0.3) is 0 Å². The molecule has 0 atom stereocenters. The van der Waals surface area contributed by atoms with Crippen LogP contribution in [0.2, 0.25) is 0 Å². The number of nitrogen functional groups attached to an aromatic ring is 1. The third-order valence-electron chi connectivity index (χ3n) is 2.20. The van der Waals surface area contributed by atoms with Crippen molar-refractivity contribution in [3.8, 4) is 0 Å². The standard InChI is InChI=1S/C12H15BrN2O3S/c13-9-6-8(14)3-4-10(9)19-7-11(16)15-5-1-2-12(17)18/h3-4,6H,1-2,5,7,14H2,(H,15,16)(H,17,18). The first-order valence-corrected chi connectivity index (χ1v) is 7.43. The fraction of sp³-hybridized carbons (Fsp3) is 0.333. The number of hydrogen-bond donors (Lipinski definition) is 3. The molecule has 0 aliphatic carbocycles. The van der Waals surface area contributed by atoms with Gasteiger partial charge in [0.15, 0.2) is 0 Å². The molecule has 0 aromatic heterocycles. The molecule has 0 radical (unpaired) electrons. The monoisotopic (exact) mass is 346 g/mol. The van der Waals surface area contributed by atoms with Crippen LogP contribution in [0.4, 0.5) is 5.69 Å². The minimum absolute atomic E-state index is 0.0664. The number of carboxylic acids is 1. The molecule has 0 heterocycles. The van der Waals surface area contributed by atoms with E-state index in [1.807, 2.05) is 6.07 Å². The Balaban J connectivity index is 2.28. The van der Waals surface area contributed by atoms with Crippen molar-refractivity contribution in [2.75, 3.05) is 18.0 Å². The zero-order valence-electron chi connectivity index (χ0n) is 10.2. The number of halogens is 1. The largest absolute Gasteiger partial charge is 0.481 e. The summed E-state index contributed by atoms with van der Waals surface area (Å²) in [6, 6.07) is 5.41. The van der Waals surface area contributed by atoms with E-state index < -0.39 is 5.97 Å². The second-order valence-electron chi connectivity index (χ2n) is 3.83. The van der Waals surface area contributed by atoms with Crippen molar-refractivity contribution in [2.24, 2.45) is 0 Å². The number of aliphatic carboxylic acids is 1. The highest BCUT2D eigenvalue weighted by Gasteiger charge is 2.06. The molecule has 0 aliphatic rings. The number of nitrogens with one attached hydrogen (secondary N) is 1. The smallest absolute Gasteiger partial charge is 0.303 e. The highest BCUT2D eigenvalue weighted by atomic mass is 79.9. The summed E-state index contributed by atoms with van der Waals surface area (Å²) in [6.07, 6.45) is 0.508. The van der Waals surface area contributed by atoms with Crippen molar-refractivity contribution < 1.29 is 14.7 Å². The molecule has 1 aromatic rings. The van der Waals surface area contributed by atoms with E-state index in [0.29, 0.717) is 18.7 Å². The van der Waals surface area contributed by atoms with Crippen LogP contribution in [0.5, 0.6) is 0 Å². The fourth-order valence-electron chi connectivity index (χ4n) is 1.30. The van der Waals surface area contributed by atoms with Gasteiger partial charge in [0.25, 0.3) is 0 Å². The Labute approximate surface area is 124 Å². The lowest BCUT2D eigenvalue weighted by atomic mass is 10.3. The minimum Gasteiger partial charge on any atom is -0.481 e. The van der Waals surface area contributed by atoms with Gasteiger partial charge in [-0.25, -0.2) is 0 Å². The number of carboxylic acid groups (broad SMARTS) is 1. The van der Waals surface area contributed by atoms with Crippen LogP contribution >= 0.6 is 27.7 Å². The van der Waals surface area contributed by atoms with Crippen molar-refractivity contribution in [3.63, 3.8) is 0 Å². The number of hydrogen-bond acceptors (Lipinski definition) is 4. The van der Waals surface area contributed by atoms with E-state index in [1.165, 1.54) is 11.8 Å². The summed E-state index contributed by atoms with van der Waals surface area (Å²) in [6.45, 7) is 0.384. The molecule has 0 fully saturated rings. The molecule has 0 aliphatic heterocycles. The molecule has 19 heavy (non-hydrogen) atoms. The van der Waals surface area contributed by atoms with Crippen LogP contribution < -0.4 is 11.1 Å². The SMILES string of the molecule is Nc1ccc(SCC(=O)NCCCC(=O)O)c(Br)c1. The normalized spacial score (nSPS) is 10.2. The number of amides is 1. The van der Waals surface area contributed by atoms with Gasteiger partial charge in [0, 0.05) is 28.0 Å². The zero-order chi connectivity index (χ0) is 14.3. The highest BCUT2D eigenvalue weighted by molar-refractivity contribution is 9.10. The molecule has 104 valence electrons. The predicted molar refractivity (Wildman–Crippen MR) is 79.2 cm³/mol. The lowest BCUT2D eigenvalue weighted by Gasteiger charge is -2.06. The third-order valence-corrected chi connectivity index (χ3v) is 4.20. The van der Waals surface area contributed by atoms with Gasteiger partial charge in [-0.2, -0.15) is 0 Å². The molecule has 1 rings (SSSR count). The van der Waals surface area contributed by atoms with Gasteiger partial charge in [0.2, 0.25) is 5.91 Å². The van der Waals surface area contributed by atoms with E-state index in [4.69, 9.17) is 10.8 Å². The molecule has 7 heteroatoms. The van der Waals surface area contributed by atoms with Crippen molar-refractivity contribution in [1.29, 1.82) is 0 Å². The maximum Gasteiger partial charge on any atom is 0.303 e. The van der Waals surface area contributed by atoms with Crippen LogP contribution in [0.1, 0.15) is 12.8 Å². The van der Waals surface area contributed by atoms with E-state index >= 15 is 0 Å². The molecular weight excluding hydrogens is 332 g/mol. The quantitative estimate of drug-likeness (QED) is 0.399. The second kappa shape index (κ2) is 8.06. The van der Waals surface area contributed by atoms with Crippen LogP contribution in [0, 0.1) is 0 Å². The lowest BCUT2D eigenvalue weighted by Crippen LogP contribution is -2.26. The number of anilines is 1. The predicted octanol–water partition coefficient (Wildman–Crippen LogP) is 2.10. The van der Waals surface area contributed by atoms with Crippen molar-refractivity contribution in [2.45, 2.75) is 17.7 Å². The van der Waals surface area contributed by atoms with E-state index in [0.717, 1.165) is 9.37 Å². The zero-order valence-corrected chi connectivity index (χ0v) is 12.6. The Morgan fingerprint density at radius 2 is 2.16 bits per heavy atom. The third kappa shape index (κ3) is 6.49. The Morgan fingerprint density at radius 3 is 2.79 bits per heavy atom. The Kier molecular flexibility index (Phi) is 6.72. The first kappa shape index (κ1) is 15.8. The van der Waals surface area contributed by atoms with E-state index in [9.17, 15) is 9.59 Å². The van der Waals surface area contributed by atoms with Crippen LogP contribution in [0.15, 0.2) is 27.6 Å². The average Bonchev–Trinajstić information content (AvgIpc) is 2.33. The number of thioether (sulfide) groups is 1. The Morgan fingerprint density at radius 1 is 1.42 bits per heavy atom. The van der Waals surface area contributed by atoms with Gasteiger partial charge in [-0.3, -0.25) is 9.59 Å². The molecule has 0 unspecified atom stereocenters. The van der Waals surface area contributed by atoms with Gasteiger partial charge in [0.05, 0.1) is 5.75 Å². The van der Waals surface area contributed by atoms with Crippen molar-refractivity contribution in [3.05, 3.63) is 22.7 Å². The molecular formula is C12H15BrN2O3S. The molecule has 0 saturated carbocycles. The van der Waals surface area contributed by atoms with E-state index in [2.05, 4.69) is 21.2 Å². The number of carbonyl (C=O) groups excluding carboxylic acids is 1. The maximum atomic E-state index is 11.5.